The quantitative estimate of drug-likeness (QED) is 0.845. The normalized spacial score (nSPS) is 19.5. The Morgan fingerprint density at radius 2 is 2.05 bits per heavy atom. The maximum Gasteiger partial charge on any atom is 0.397 e. The minimum atomic E-state index is -4.54. The second-order valence-electron chi connectivity index (χ2n) is 5.14. The van der Waals surface area contributed by atoms with Crippen LogP contribution in [0.1, 0.15) is 26.7 Å². The number of carbonyl (C=O) groups is 2. The van der Waals surface area contributed by atoms with E-state index in [1.54, 1.807) is 0 Å². The maximum absolute atomic E-state index is 12.2. The SMILES string of the molecule is CC(C)CCNC(=O)[C@H]1CSCN1C(=O)CC(F)(F)F. The summed E-state index contributed by atoms with van der Waals surface area (Å²) in [5.74, 6) is -0.497. The van der Waals surface area contributed by atoms with Crippen molar-refractivity contribution in [1.82, 2.24) is 10.2 Å². The van der Waals surface area contributed by atoms with Gasteiger partial charge in [-0.2, -0.15) is 13.2 Å². The van der Waals surface area contributed by atoms with Gasteiger partial charge in [-0.25, -0.2) is 0 Å². The summed E-state index contributed by atoms with van der Waals surface area (Å²) in [5, 5.41) is 2.68. The first-order chi connectivity index (χ1) is 9.20. The topological polar surface area (TPSA) is 49.4 Å². The van der Waals surface area contributed by atoms with Gasteiger partial charge in [-0.15, -0.1) is 11.8 Å². The van der Waals surface area contributed by atoms with E-state index in [0.29, 0.717) is 18.2 Å². The number of hydrogen-bond acceptors (Lipinski definition) is 3. The summed E-state index contributed by atoms with van der Waals surface area (Å²) in [4.78, 5) is 24.5. The van der Waals surface area contributed by atoms with Crippen LogP contribution < -0.4 is 5.32 Å². The van der Waals surface area contributed by atoms with E-state index in [1.807, 2.05) is 13.8 Å². The van der Waals surface area contributed by atoms with Crippen LogP contribution in [-0.4, -0.2) is 47.1 Å². The lowest BCUT2D eigenvalue weighted by Crippen LogP contribution is -2.48. The third kappa shape index (κ3) is 5.60. The van der Waals surface area contributed by atoms with E-state index in [1.165, 1.54) is 11.8 Å². The molecule has 0 aromatic rings. The first-order valence-electron chi connectivity index (χ1n) is 6.42. The minimum absolute atomic E-state index is 0.136. The zero-order valence-corrected chi connectivity index (χ0v) is 12.3. The van der Waals surface area contributed by atoms with Crippen molar-refractivity contribution in [2.24, 2.45) is 5.92 Å². The molecule has 4 nitrogen and oxygen atoms in total. The van der Waals surface area contributed by atoms with Crippen LogP contribution in [0.5, 0.6) is 0 Å². The molecule has 0 radical (unpaired) electrons. The lowest BCUT2D eigenvalue weighted by atomic mass is 10.1. The van der Waals surface area contributed by atoms with E-state index in [2.05, 4.69) is 5.32 Å². The van der Waals surface area contributed by atoms with Crippen LogP contribution in [0, 0.1) is 5.92 Å². The van der Waals surface area contributed by atoms with Crippen LogP contribution >= 0.6 is 11.8 Å². The fourth-order valence-corrected chi connectivity index (χ4v) is 2.96. The van der Waals surface area contributed by atoms with E-state index in [9.17, 15) is 22.8 Å². The molecular formula is C12H19F3N2O2S. The highest BCUT2D eigenvalue weighted by molar-refractivity contribution is 7.99. The maximum atomic E-state index is 12.2. The highest BCUT2D eigenvalue weighted by Gasteiger charge is 2.39. The number of nitrogens with zero attached hydrogens (tertiary/aromatic N) is 1. The van der Waals surface area contributed by atoms with Gasteiger partial charge < -0.3 is 10.2 Å². The highest BCUT2D eigenvalue weighted by Crippen LogP contribution is 2.26. The molecule has 1 N–H and O–H groups in total. The summed E-state index contributed by atoms with van der Waals surface area (Å²) in [6, 6.07) is -0.790. The Hall–Kier alpha value is -0.920. The van der Waals surface area contributed by atoms with Gasteiger partial charge in [0.15, 0.2) is 0 Å². The van der Waals surface area contributed by atoms with Crippen LogP contribution in [0.2, 0.25) is 0 Å². The van der Waals surface area contributed by atoms with Crippen molar-refractivity contribution in [3.05, 3.63) is 0 Å². The van der Waals surface area contributed by atoms with E-state index >= 15 is 0 Å². The number of nitrogens with one attached hydrogen (secondary N) is 1. The van der Waals surface area contributed by atoms with Gasteiger partial charge in [0.1, 0.15) is 12.5 Å². The van der Waals surface area contributed by atoms with Gasteiger partial charge in [0.05, 0.1) is 5.88 Å². The lowest BCUT2D eigenvalue weighted by Gasteiger charge is -2.23. The molecule has 116 valence electrons. The average Bonchev–Trinajstić information content (AvgIpc) is 2.74. The van der Waals surface area contributed by atoms with Crippen molar-refractivity contribution < 1.29 is 22.8 Å². The van der Waals surface area contributed by atoms with Crippen LogP contribution in [0.15, 0.2) is 0 Å². The molecule has 0 bridgehead atoms. The van der Waals surface area contributed by atoms with Gasteiger partial charge in [-0.05, 0) is 12.3 Å². The van der Waals surface area contributed by atoms with Crippen molar-refractivity contribution in [2.45, 2.75) is 38.9 Å². The molecule has 1 aliphatic heterocycles. The third-order valence-corrected chi connectivity index (χ3v) is 3.89. The number of halogens is 3. The van der Waals surface area contributed by atoms with Crippen LogP contribution in [0.25, 0.3) is 0 Å². The molecule has 1 saturated heterocycles. The van der Waals surface area contributed by atoms with E-state index < -0.39 is 24.5 Å². The molecule has 0 spiro atoms. The fourth-order valence-electron chi connectivity index (χ4n) is 1.78. The van der Waals surface area contributed by atoms with E-state index in [-0.39, 0.29) is 11.8 Å². The third-order valence-electron chi connectivity index (χ3n) is 2.88. The molecule has 0 aliphatic carbocycles. The summed E-state index contributed by atoms with van der Waals surface area (Å²) in [7, 11) is 0. The van der Waals surface area contributed by atoms with Crippen molar-refractivity contribution >= 4 is 23.6 Å². The highest BCUT2D eigenvalue weighted by atomic mass is 32.2. The molecule has 20 heavy (non-hydrogen) atoms. The number of thioether (sulfide) groups is 1. The Labute approximate surface area is 120 Å². The smallest absolute Gasteiger partial charge is 0.354 e. The largest absolute Gasteiger partial charge is 0.397 e. The van der Waals surface area contributed by atoms with Gasteiger partial charge in [0, 0.05) is 12.3 Å². The molecule has 1 rings (SSSR count). The summed E-state index contributed by atoms with van der Waals surface area (Å²) >= 11 is 1.29. The Bertz CT molecular complexity index is 361. The molecule has 2 amide bonds. The van der Waals surface area contributed by atoms with Gasteiger partial charge in [-0.1, -0.05) is 13.8 Å². The summed E-state index contributed by atoms with van der Waals surface area (Å²) < 4.78 is 36.7. The average molecular weight is 312 g/mol. The van der Waals surface area contributed by atoms with Gasteiger partial charge in [0.2, 0.25) is 11.8 Å². The Kier molecular flexibility index (Phi) is 6.16. The molecule has 8 heteroatoms. The molecular weight excluding hydrogens is 293 g/mol. The molecule has 0 aromatic carbocycles. The molecule has 0 unspecified atom stereocenters. The minimum Gasteiger partial charge on any atom is -0.354 e. The second-order valence-corrected chi connectivity index (χ2v) is 6.14. The predicted octanol–water partition coefficient (Wildman–Crippen LogP) is 2.00. The summed E-state index contributed by atoms with van der Waals surface area (Å²) in [6.45, 7) is 4.49. The summed E-state index contributed by atoms with van der Waals surface area (Å²) in [5.41, 5.74) is 0. The second kappa shape index (κ2) is 7.19. The molecule has 1 atom stereocenters. The number of alkyl halides is 3. The Morgan fingerprint density at radius 3 is 2.60 bits per heavy atom. The summed E-state index contributed by atoms with van der Waals surface area (Å²) in [6.07, 6.45) is -5.26. The molecule has 1 fully saturated rings. The van der Waals surface area contributed by atoms with Crippen LogP contribution in [-0.2, 0) is 9.59 Å². The van der Waals surface area contributed by atoms with Crippen molar-refractivity contribution in [3.63, 3.8) is 0 Å². The van der Waals surface area contributed by atoms with Crippen LogP contribution in [0.3, 0.4) is 0 Å². The fraction of sp³-hybridized carbons (Fsp3) is 0.833. The number of rotatable bonds is 5. The van der Waals surface area contributed by atoms with E-state index in [4.69, 9.17) is 0 Å². The first kappa shape index (κ1) is 17.1. The number of carbonyl (C=O) groups excluding carboxylic acids is 2. The van der Waals surface area contributed by atoms with Crippen molar-refractivity contribution in [2.75, 3.05) is 18.2 Å². The van der Waals surface area contributed by atoms with Crippen LogP contribution in [0.4, 0.5) is 13.2 Å². The standard InChI is InChI=1S/C12H19F3N2O2S/c1-8(2)3-4-16-11(19)9-6-20-7-17(9)10(18)5-12(13,14)15/h8-9H,3-7H2,1-2H3,(H,16,19)/t9-/m1/s1. The van der Waals surface area contributed by atoms with Crippen molar-refractivity contribution in [1.29, 1.82) is 0 Å². The number of amides is 2. The zero-order chi connectivity index (χ0) is 15.3. The first-order valence-corrected chi connectivity index (χ1v) is 7.58. The van der Waals surface area contributed by atoms with Gasteiger partial charge in [-0.3, -0.25) is 9.59 Å². The number of hydrogen-bond donors (Lipinski definition) is 1. The molecule has 1 aliphatic rings. The molecule has 0 aromatic heterocycles. The van der Waals surface area contributed by atoms with Gasteiger partial charge >= 0.3 is 6.18 Å². The molecule has 1 heterocycles. The van der Waals surface area contributed by atoms with E-state index in [0.717, 1.165) is 11.3 Å². The lowest BCUT2D eigenvalue weighted by molar-refractivity contribution is -0.163. The van der Waals surface area contributed by atoms with Gasteiger partial charge in [0.25, 0.3) is 0 Å². The molecule has 0 saturated carbocycles. The zero-order valence-electron chi connectivity index (χ0n) is 11.5. The monoisotopic (exact) mass is 312 g/mol. The Balaban J connectivity index is 2.51. The van der Waals surface area contributed by atoms with Crippen molar-refractivity contribution in [3.8, 4) is 0 Å². The Morgan fingerprint density at radius 1 is 1.40 bits per heavy atom. The predicted molar refractivity (Wildman–Crippen MR) is 71.1 cm³/mol.